The maximum absolute atomic E-state index is 12.8. The van der Waals surface area contributed by atoms with Crippen molar-refractivity contribution in [1.29, 1.82) is 0 Å². The molecule has 0 bridgehead atoms. The molecule has 1 N–H and O–H groups in total. The number of aromatic nitrogens is 3. The third-order valence-corrected chi connectivity index (χ3v) is 4.03. The zero-order valence-corrected chi connectivity index (χ0v) is 14.0. The molecule has 1 amide bonds. The molecular weight excluding hydrogens is 330 g/mol. The topological polar surface area (TPSA) is 59.3 Å². The van der Waals surface area contributed by atoms with Gasteiger partial charge in [-0.1, -0.05) is 18.2 Å². The molecule has 0 fully saturated rings. The number of halogens is 1. The Hall–Kier alpha value is -3.54. The molecule has 0 aliphatic rings. The van der Waals surface area contributed by atoms with Gasteiger partial charge in [0.2, 0.25) is 5.95 Å². The molecule has 3 heterocycles. The summed E-state index contributed by atoms with van der Waals surface area (Å²) in [4.78, 5) is 20.2. The Morgan fingerprint density at radius 2 is 1.85 bits per heavy atom. The van der Waals surface area contributed by atoms with Crippen LogP contribution in [0.2, 0.25) is 0 Å². The van der Waals surface area contributed by atoms with Gasteiger partial charge in [-0.25, -0.2) is 9.97 Å². The molecular formula is C20H15FN4O. The number of hydrogen-bond acceptors (Lipinski definition) is 3. The highest BCUT2D eigenvalue weighted by atomic mass is 18.2. The highest BCUT2D eigenvalue weighted by Gasteiger charge is 2.08. The maximum Gasteiger partial charge on any atom is 0.257 e. The van der Waals surface area contributed by atoms with Crippen LogP contribution in [0, 0.1) is 12.9 Å². The summed E-state index contributed by atoms with van der Waals surface area (Å²) in [5, 5.41) is 2.76. The molecule has 0 radical (unpaired) electrons. The molecule has 1 aromatic carbocycles. The largest absolute Gasteiger partial charge is 0.322 e. The number of nitrogens with one attached hydrogen (secondary N) is 1. The van der Waals surface area contributed by atoms with E-state index in [-0.39, 0.29) is 5.91 Å². The van der Waals surface area contributed by atoms with Crippen LogP contribution in [0.3, 0.4) is 0 Å². The fourth-order valence-electron chi connectivity index (χ4n) is 2.68. The van der Waals surface area contributed by atoms with E-state index in [4.69, 9.17) is 0 Å². The van der Waals surface area contributed by atoms with Crippen LogP contribution in [-0.2, 0) is 0 Å². The van der Waals surface area contributed by atoms with Crippen molar-refractivity contribution in [2.24, 2.45) is 0 Å². The van der Waals surface area contributed by atoms with Crippen LogP contribution in [0.25, 0.3) is 16.9 Å². The van der Waals surface area contributed by atoms with Crippen LogP contribution in [0.1, 0.15) is 15.9 Å². The first kappa shape index (κ1) is 16.0. The van der Waals surface area contributed by atoms with E-state index in [1.165, 1.54) is 12.3 Å². The van der Waals surface area contributed by atoms with Gasteiger partial charge in [-0.05, 0) is 42.8 Å². The lowest BCUT2D eigenvalue weighted by Gasteiger charge is -2.05. The monoisotopic (exact) mass is 345 g/mol. The highest BCUT2D eigenvalue weighted by Crippen LogP contribution is 2.22. The first-order chi connectivity index (χ1) is 12.6. The first-order valence-electron chi connectivity index (χ1n) is 8.07. The second kappa shape index (κ2) is 6.40. The summed E-state index contributed by atoms with van der Waals surface area (Å²) >= 11 is 0. The predicted octanol–water partition coefficient (Wildman–Crippen LogP) is 4.10. The Labute approximate surface area is 149 Å². The number of rotatable bonds is 3. The molecule has 6 heteroatoms. The van der Waals surface area contributed by atoms with Crippen molar-refractivity contribution in [2.75, 3.05) is 5.32 Å². The molecule has 3 aromatic heterocycles. The number of benzene rings is 1. The van der Waals surface area contributed by atoms with Gasteiger partial charge in [0.15, 0.2) is 0 Å². The van der Waals surface area contributed by atoms with Crippen molar-refractivity contribution in [3.63, 3.8) is 0 Å². The number of anilines is 1. The Morgan fingerprint density at radius 1 is 1.04 bits per heavy atom. The molecule has 0 spiro atoms. The predicted molar refractivity (Wildman–Crippen MR) is 97.5 cm³/mol. The Bertz CT molecular complexity index is 1090. The van der Waals surface area contributed by atoms with Crippen LogP contribution in [0.5, 0.6) is 0 Å². The third-order valence-electron chi connectivity index (χ3n) is 4.03. The zero-order chi connectivity index (χ0) is 18.1. The minimum atomic E-state index is -0.617. The Balaban J connectivity index is 1.54. The average molecular weight is 345 g/mol. The SMILES string of the molecule is Cc1ccc2nc(-c3ccc(NC(=O)c4ccc([18F])nc4)cc3)cn2c1. The number of hydrogen-bond donors (Lipinski definition) is 1. The number of nitrogens with zero attached hydrogens (tertiary/aromatic N) is 3. The van der Waals surface area contributed by atoms with E-state index in [0.29, 0.717) is 11.3 Å². The molecule has 0 saturated heterocycles. The first-order valence-corrected chi connectivity index (χ1v) is 8.07. The van der Waals surface area contributed by atoms with E-state index in [1.54, 1.807) is 12.1 Å². The number of carbonyl (C=O) groups is 1. The van der Waals surface area contributed by atoms with Gasteiger partial charge in [0.1, 0.15) is 5.65 Å². The molecule has 26 heavy (non-hydrogen) atoms. The van der Waals surface area contributed by atoms with Gasteiger partial charge in [0.25, 0.3) is 5.91 Å². The van der Waals surface area contributed by atoms with Crippen molar-refractivity contribution < 1.29 is 9.18 Å². The quantitative estimate of drug-likeness (QED) is 0.569. The number of fused-ring (bicyclic) bond motifs is 1. The lowest BCUT2D eigenvalue weighted by atomic mass is 10.1. The number of imidazole rings is 1. The highest BCUT2D eigenvalue weighted by molar-refractivity contribution is 6.04. The lowest BCUT2D eigenvalue weighted by Crippen LogP contribution is -2.12. The van der Waals surface area contributed by atoms with Gasteiger partial charge in [-0.15, -0.1) is 0 Å². The fraction of sp³-hybridized carbons (Fsp3) is 0.0500. The second-order valence-corrected chi connectivity index (χ2v) is 6.00. The Kier molecular flexibility index (Phi) is 3.93. The van der Waals surface area contributed by atoms with E-state index >= 15 is 0 Å². The third kappa shape index (κ3) is 3.17. The minimum Gasteiger partial charge on any atom is -0.322 e. The summed E-state index contributed by atoms with van der Waals surface area (Å²) in [6.07, 6.45) is 5.20. The van der Waals surface area contributed by atoms with Gasteiger partial charge in [-0.2, -0.15) is 4.39 Å². The van der Waals surface area contributed by atoms with E-state index < -0.39 is 5.95 Å². The van der Waals surface area contributed by atoms with Crippen LogP contribution >= 0.6 is 0 Å². The molecule has 4 rings (SSSR count). The molecule has 4 aromatic rings. The van der Waals surface area contributed by atoms with E-state index in [2.05, 4.69) is 15.3 Å². The van der Waals surface area contributed by atoms with Gasteiger partial charge in [0.05, 0.1) is 11.3 Å². The van der Waals surface area contributed by atoms with Crippen LogP contribution in [-0.4, -0.2) is 20.3 Å². The van der Waals surface area contributed by atoms with Crippen molar-refractivity contribution in [3.05, 3.63) is 84.2 Å². The Morgan fingerprint density at radius 3 is 2.58 bits per heavy atom. The van der Waals surface area contributed by atoms with Crippen molar-refractivity contribution >= 4 is 17.2 Å². The zero-order valence-electron chi connectivity index (χ0n) is 14.0. The van der Waals surface area contributed by atoms with E-state index in [1.807, 2.05) is 48.0 Å². The molecule has 0 unspecified atom stereocenters. The van der Waals surface area contributed by atoms with Crippen molar-refractivity contribution in [3.8, 4) is 11.3 Å². The standard InChI is InChI=1S/C20H15FN4O/c1-13-2-9-19-24-17(12-25(19)11-13)14-3-6-16(7-4-14)23-20(26)15-5-8-18(21)22-10-15/h2-12H,1H3,(H,23,26)/i21-1. The van der Waals surface area contributed by atoms with Gasteiger partial charge in [0, 0.05) is 29.8 Å². The molecule has 0 aliphatic heterocycles. The summed E-state index contributed by atoms with van der Waals surface area (Å²) in [5.74, 6) is -0.956. The number of aryl methyl sites for hydroxylation is 1. The molecule has 0 atom stereocenters. The van der Waals surface area contributed by atoms with Gasteiger partial charge >= 0.3 is 0 Å². The summed E-state index contributed by atoms with van der Waals surface area (Å²) < 4.78 is 14.8. The molecule has 0 aliphatic carbocycles. The fourth-order valence-corrected chi connectivity index (χ4v) is 2.68. The lowest BCUT2D eigenvalue weighted by molar-refractivity contribution is 0.102. The van der Waals surface area contributed by atoms with Crippen molar-refractivity contribution in [1.82, 2.24) is 14.4 Å². The molecule has 5 nitrogen and oxygen atoms in total. The van der Waals surface area contributed by atoms with Crippen LogP contribution in [0.4, 0.5) is 10.1 Å². The van der Waals surface area contributed by atoms with Crippen LogP contribution in [0.15, 0.2) is 67.1 Å². The average Bonchev–Trinajstić information content (AvgIpc) is 3.06. The summed E-state index contributed by atoms with van der Waals surface area (Å²) in [6, 6.07) is 14.0. The van der Waals surface area contributed by atoms with Gasteiger partial charge < -0.3 is 9.72 Å². The van der Waals surface area contributed by atoms with E-state index in [0.717, 1.165) is 28.5 Å². The smallest absolute Gasteiger partial charge is 0.257 e. The second-order valence-electron chi connectivity index (χ2n) is 6.00. The summed E-state index contributed by atoms with van der Waals surface area (Å²) in [5.41, 5.74) is 4.79. The van der Waals surface area contributed by atoms with Crippen molar-refractivity contribution in [2.45, 2.75) is 6.92 Å². The summed E-state index contributed by atoms with van der Waals surface area (Å²) in [6.45, 7) is 2.03. The van der Waals surface area contributed by atoms with Crippen LogP contribution < -0.4 is 5.32 Å². The minimum absolute atomic E-state index is 0.297. The number of carbonyl (C=O) groups excluding carboxylic acids is 1. The maximum atomic E-state index is 12.8. The summed E-state index contributed by atoms with van der Waals surface area (Å²) in [7, 11) is 0. The van der Waals surface area contributed by atoms with E-state index in [9.17, 15) is 9.18 Å². The number of amides is 1. The normalized spacial score (nSPS) is 10.8. The van der Waals surface area contributed by atoms with Gasteiger partial charge in [-0.3, -0.25) is 4.79 Å². The molecule has 0 saturated carbocycles. The molecule has 128 valence electrons. The number of pyridine rings is 2.